The first-order valence-corrected chi connectivity index (χ1v) is 22.5. The Balaban J connectivity index is 0.00000209. The second-order valence-electron chi connectivity index (χ2n) is 15.2. The Morgan fingerprint density at radius 3 is 2.03 bits per heavy atom. The fourth-order valence-corrected chi connectivity index (χ4v) is 5.62. The summed E-state index contributed by atoms with van der Waals surface area (Å²) in [7, 11) is 0. The van der Waals surface area contributed by atoms with E-state index in [9.17, 15) is 38.9 Å². The zero-order valence-corrected chi connectivity index (χ0v) is 39.1. The summed E-state index contributed by atoms with van der Waals surface area (Å²) in [6, 6.07) is 10.0. The van der Waals surface area contributed by atoms with Crippen LogP contribution < -0.4 is 37.1 Å². The fraction of sp³-hybridized carbons (Fsp3) is 0.565. The lowest BCUT2D eigenvalue weighted by atomic mass is 10.0. The smallest absolute Gasteiger partial charge is 0.429 e. The molecule has 0 saturated heterocycles. The number of benzene rings is 2. The van der Waals surface area contributed by atoms with Gasteiger partial charge < -0.3 is 65.5 Å². The monoisotopic (exact) mass is 957 g/mol. The highest BCUT2D eigenvalue weighted by atomic mass is 16.7. The fourth-order valence-electron chi connectivity index (χ4n) is 5.62. The number of nitro groups is 1. The van der Waals surface area contributed by atoms with Crippen molar-refractivity contribution >= 4 is 47.2 Å². The van der Waals surface area contributed by atoms with Gasteiger partial charge in [0, 0.05) is 43.8 Å². The van der Waals surface area contributed by atoms with Crippen LogP contribution in [0.25, 0.3) is 0 Å². The molecule has 22 heteroatoms. The van der Waals surface area contributed by atoms with Crippen molar-refractivity contribution in [3.8, 4) is 17.6 Å². The minimum Gasteiger partial charge on any atom is -0.429 e. The lowest BCUT2D eigenvalue weighted by molar-refractivity contribution is -0.384. The number of carbonyl (C=O) groups excluding carboxylic acids is 6. The Kier molecular flexibility index (Phi) is 30.4. The van der Waals surface area contributed by atoms with Crippen molar-refractivity contribution in [2.45, 2.75) is 84.5 Å². The third-order valence-corrected chi connectivity index (χ3v) is 9.19. The second kappa shape index (κ2) is 35.8. The molecule has 0 aromatic heterocycles. The van der Waals surface area contributed by atoms with Gasteiger partial charge in [-0.3, -0.25) is 29.3 Å². The molecule has 376 valence electrons. The number of non-ortho nitro benzene ring substituents is 1. The number of hydrogen-bond acceptors (Lipinski definition) is 15. The zero-order valence-electron chi connectivity index (χ0n) is 39.1. The summed E-state index contributed by atoms with van der Waals surface area (Å²) in [4.78, 5) is 81.8. The molecule has 2 unspecified atom stereocenters. The maximum atomic E-state index is 12.8. The standard InChI is InChI=1S/C42H57N5O14.C4H10N2O/c1-31(2)40(41(51)44-28-38(49)45-33-12-10-32(11-13-33)29-60-42(52)61-36-16-14-34(15-17-36)47(53)54)46-37(48)18-20-55-22-24-57-26-27-58-25-23-56-21-19-43-39(50)30-59-35-8-6-4-3-5-7-9-35;1-2-3-6-4(5)7/h10-17,31,35,40H,3-6,8,18-30H2,1-2H3,(H,43,50)(H,44,51)(H,45,49)(H,46,48);2-3H2,1H3,(H3,5,6,7). The molecule has 2 atom stereocenters. The van der Waals surface area contributed by atoms with Gasteiger partial charge >= 0.3 is 12.2 Å². The number of hydrogen-bond donors (Lipinski definition) is 6. The number of nitro benzene ring substituents is 1. The molecule has 0 bridgehead atoms. The van der Waals surface area contributed by atoms with Gasteiger partial charge in [-0.25, -0.2) is 9.59 Å². The highest BCUT2D eigenvalue weighted by molar-refractivity contribution is 5.96. The summed E-state index contributed by atoms with van der Waals surface area (Å²) in [5.41, 5.74) is 5.60. The van der Waals surface area contributed by atoms with E-state index in [-0.39, 0.29) is 74.7 Å². The molecular formula is C46H67N7O15. The van der Waals surface area contributed by atoms with Crippen molar-refractivity contribution in [3.63, 3.8) is 0 Å². The normalized spacial score (nSPS) is 13.4. The maximum absolute atomic E-state index is 12.8. The third kappa shape index (κ3) is 28.6. The Hall–Kier alpha value is -6.38. The molecular weight excluding hydrogens is 891 g/mol. The average molecular weight is 958 g/mol. The van der Waals surface area contributed by atoms with Gasteiger partial charge in [0.05, 0.1) is 64.3 Å². The number of anilines is 1. The molecule has 22 nitrogen and oxygen atoms in total. The van der Waals surface area contributed by atoms with E-state index in [1.807, 2.05) is 6.92 Å². The Bertz CT molecular complexity index is 1890. The molecule has 0 heterocycles. The van der Waals surface area contributed by atoms with Crippen LogP contribution in [0, 0.1) is 27.9 Å². The molecule has 0 fully saturated rings. The highest BCUT2D eigenvalue weighted by Crippen LogP contribution is 2.18. The van der Waals surface area contributed by atoms with Crippen LogP contribution in [0.1, 0.15) is 71.3 Å². The summed E-state index contributed by atoms with van der Waals surface area (Å²) in [5, 5.41) is 23.8. The van der Waals surface area contributed by atoms with E-state index < -0.39 is 35.0 Å². The van der Waals surface area contributed by atoms with Gasteiger partial charge in [-0.05, 0) is 61.4 Å². The van der Waals surface area contributed by atoms with E-state index in [0.29, 0.717) is 64.0 Å². The lowest BCUT2D eigenvalue weighted by Crippen LogP contribution is -2.51. The molecule has 2 aromatic carbocycles. The van der Waals surface area contributed by atoms with E-state index in [1.54, 1.807) is 38.1 Å². The average Bonchev–Trinajstić information content (AvgIpc) is 3.30. The molecule has 0 radical (unpaired) electrons. The van der Waals surface area contributed by atoms with Crippen molar-refractivity contribution in [2.75, 3.05) is 84.4 Å². The van der Waals surface area contributed by atoms with E-state index in [2.05, 4.69) is 38.4 Å². The van der Waals surface area contributed by atoms with Gasteiger partial charge in [0.2, 0.25) is 23.6 Å². The molecule has 6 amide bonds. The summed E-state index contributed by atoms with van der Waals surface area (Å²) in [6.07, 6.45) is 4.83. The van der Waals surface area contributed by atoms with Crippen molar-refractivity contribution in [1.29, 1.82) is 0 Å². The summed E-state index contributed by atoms with van der Waals surface area (Å²) in [5.74, 6) is 4.40. The van der Waals surface area contributed by atoms with Crippen LogP contribution in [0.5, 0.6) is 5.75 Å². The van der Waals surface area contributed by atoms with Crippen LogP contribution in [0.15, 0.2) is 48.5 Å². The predicted molar refractivity (Wildman–Crippen MR) is 248 cm³/mol. The van der Waals surface area contributed by atoms with Crippen LogP contribution in [-0.2, 0) is 54.2 Å². The molecule has 0 spiro atoms. The number of urea groups is 1. The number of carbonyl (C=O) groups is 6. The summed E-state index contributed by atoms with van der Waals surface area (Å²) >= 11 is 0. The van der Waals surface area contributed by atoms with Crippen molar-refractivity contribution in [2.24, 2.45) is 11.7 Å². The number of nitrogens with zero attached hydrogens (tertiary/aromatic N) is 1. The van der Waals surface area contributed by atoms with E-state index in [0.717, 1.165) is 38.5 Å². The van der Waals surface area contributed by atoms with Crippen LogP contribution in [-0.4, -0.2) is 132 Å². The predicted octanol–water partition coefficient (Wildman–Crippen LogP) is 3.50. The third-order valence-electron chi connectivity index (χ3n) is 9.19. The van der Waals surface area contributed by atoms with Gasteiger partial charge in [-0.15, -0.1) is 5.92 Å². The van der Waals surface area contributed by atoms with Gasteiger partial charge in [-0.2, -0.15) is 0 Å². The molecule has 0 aliphatic heterocycles. The summed E-state index contributed by atoms with van der Waals surface area (Å²) < 4.78 is 37.5. The minimum atomic E-state index is -0.999. The van der Waals surface area contributed by atoms with Gasteiger partial charge in [0.25, 0.3) is 5.69 Å². The Morgan fingerprint density at radius 2 is 1.43 bits per heavy atom. The molecule has 3 rings (SSSR count). The number of nitrogens with one attached hydrogen (secondary N) is 5. The first kappa shape index (κ1) is 57.7. The second-order valence-corrected chi connectivity index (χ2v) is 15.2. The van der Waals surface area contributed by atoms with Crippen LogP contribution >= 0.6 is 0 Å². The number of rotatable bonds is 30. The largest absolute Gasteiger partial charge is 0.514 e. The first-order valence-electron chi connectivity index (χ1n) is 22.5. The van der Waals surface area contributed by atoms with Crippen LogP contribution in [0.4, 0.5) is 21.0 Å². The number of ether oxygens (including phenoxy) is 7. The van der Waals surface area contributed by atoms with Crippen LogP contribution in [0.2, 0.25) is 0 Å². The van der Waals surface area contributed by atoms with Crippen molar-refractivity contribution < 1.29 is 66.8 Å². The number of amides is 6. The zero-order chi connectivity index (χ0) is 49.8. The van der Waals surface area contributed by atoms with Crippen molar-refractivity contribution in [3.05, 3.63) is 64.2 Å². The number of nitrogens with two attached hydrogens (primary N) is 1. The minimum absolute atomic E-state index is 0.0168. The van der Waals surface area contributed by atoms with Gasteiger partial charge in [-0.1, -0.05) is 45.2 Å². The van der Waals surface area contributed by atoms with Crippen LogP contribution in [0.3, 0.4) is 0 Å². The molecule has 2 aromatic rings. The molecule has 68 heavy (non-hydrogen) atoms. The van der Waals surface area contributed by atoms with E-state index in [4.69, 9.17) is 38.9 Å². The SMILES string of the molecule is CC(C)C(NC(=O)CCOCCOCCOCCOCCNC(=O)COC1C#CCCCCC1)C(=O)NCC(=O)Nc1ccc(COC(=O)Oc2ccc([N+](=O)[O-])cc2)cc1.CCCNC(N)=O. The van der Waals surface area contributed by atoms with Gasteiger partial charge in [0.15, 0.2) is 0 Å². The highest BCUT2D eigenvalue weighted by Gasteiger charge is 2.24. The molecule has 1 aliphatic rings. The first-order chi connectivity index (χ1) is 32.8. The Labute approximate surface area is 396 Å². The summed E-state index contributed by atoms with van der Waals surface area (Å²) in [6.45, 7) is 8.59. The topological polar surface area (TPSA) is 296 Å². The van der Waals surface area contributed by atoms with E-state index >= 15 is 0 Å². The maximum Gasteiger partial charge on any atom is 0.514 e. The quantitative estimate of drug-likeness (QED) is 0.0163. The molecule has 7 N–H and O–H groups in total. The molecule has 0 saturated carbocycles. The van der Waals surface area contributed by atoms with E-state index in [1.165, 1.54) is 24.3 Å². The Morgan fingerprint density at radius 1 is 0.779 bits per heavy atom. The molecule has 1 aliphatic carbocycles. The van der Waals surface area contributed by atoms with Crippen molar-refractivity contribution in [1.82, 2.24) is 21.3 Å². The number of primary amides is 1. The van der Waals surface area contributed by atoms with Gasteiger partial charge in [0.1, 0.15) is 31.1 Å². The lowest BCUT2D eigenvalue weighted by Gasteiger charge is -2.21.